The van der Waals surface area contributed by atoms with E-state index < -0.39 is 0 Å². The van der Waals surface area contributed by atoms with Crippen molar-refractivity contribution in [3.05, 3.63) is 0 Å². The molecule has 0 aromatic rings. The predicted octanol–water partition coefficient (Wildman–Crippen LogP) is 5.52. The van der Waals surface area contributed by atoms with Crippen LogP contribution >= 0.6 is 0 Å². The molecule has 0 heteroatoms. The van der Waals surface area contributed by atoms with Crippen LogP contribution in [0.15, 0.2) is 0 Å². The molecule has 1 unspecified atom stereocenters. The second-order valence-corrected chi connectivity index (χ2v) is 7.60. The average Bonchev–Trinajstić information content (AvgIpc) is 1.94. The van der Waals surface area contributed by atoms with Crippen LogP contribution in [-0.4, -0.2) is 0 Å². The van der Waals surface area contributed by atoms with Crippen LogP contribution < -0.4 is 0 Å². The van der Waals surface area contributed by atoms with Gasteiger partial charge in [0, 0.05) is 0 Å². The van der Waals surface area contributed by atoms with Crippen LogP contribution in [0.2, 0.25) is 0 Å². The van der Waals surface area contributed by atoms with E-state index in [9.17, 15) is 0 Å². The van der Waals surface area contributed by atoms with Crippen molar-refractivity contribution in [3.8, 4) is 0 Å². The highest BCUT2D eigenvalue weighted by Gasteiger charge is 2.30. The molecule has 0 bridgehead atoms. The highest BCUT2D eigenvalue weighted by atomic mass is 14.4. The van der Waals surface area contributed by atoms with Crippen molar-refractivity contribution in [3.63, 3.8) is 0 Å². The fourth-order valence-corrected chi connectivity index (χ4v) is 2.52. The van der Waals surface area contributed by atoms with Crippen molar-refractivity contribution in [2.75, 3.05) is 0 Å². The molecule has 0 aliphatic carbocycles. The molecule has 0 saturated carbocycles. The van der Waals surface area contributed by atoms with E-state index in [2.05, 4.69) is 55.4 Å². The molecule has 0 aromatic heterocycles. The molecule has 15 heavy (non-hydrogen) atoms. The third-order valence-electron chi connectivity index (χ3n) is 3.50. The molecule has 0 aromatic carbocycles. The maximum absolute atomic E-state index is 2.43. The molecule has 0 spiro atoms. The van der Waals surface area contributed by atoms with Gasteiger partial charge in [-0.25, -0.2) is 0 Å². The maximum atomic E-state index is 2.43. The standard InChI is InChI=1S/C15H32/c1-12(2)9-10-13(3)15(7,8)11-14(4,5)6/h12-13H,9-11H2,1-8H3. The third kappa shape index (κ3) is 6.98. The zero-order chi connectivity index (χ0) is 12.3. The van der Waals surface area contributed by atoms with Gasteiger partial charge in [-0.3, -0.25) is 0 Å². The molecule has 1 atom stereocenters. The minimum Gasteiger partial charge on any atom is -0.0628 e. The van der Waals surface area contributed by atoms with Crippen molar-refractivity contribution < 1.29 is 0 Å². The normalized spacial score (nSPS) is 15.8. The van der Waals surface area contributed by atoms with E-state index in [0.29, 0.717) is 10.8 Å². The molecule has 0 N–H and O–H groups in total. The summed E-state index contributed by atoms with van der Waals surface area (Å²) in [6.07, 6.45) is 4.06. The minimum absolute atomic E-state index is 0.454. The molecule has 0 amide bonds. The van der Waals surface area contributed by atoms with Crippen LogP contribution in [0, 0.1) is 22.7 Å². The second-order valence-electron chi connectivity index (χ2n) is 7.60. The quantitative estimate of drug-likeness (QED) is 0.563. The Bertz CT molecular complexity index is 169. The Morgan fingerprint density at radius 3 is 1.60 bits per heavy atom. The highest BCUT2D eigenvalue weighted by Crippen LogP contribution is 2.40. The lowest BCUT2D eigenvalue weighted by atomic mass is 9.68. The summed E-state index contributed by atoms with van der Waals surface area (Å²) in [5.41, 5.74) is 0.933. The molecule has 0 aliphatic heterocycles. The highest BCUT2D eigenvalue weighted by molar-refractivity contribution is 4.80. The second kappa shape index (κ2) is 5.37. The summed E-state index contributed by atoms with van der Waals surface area (Å²) in [5, 5.41) is 0. The Morgan fingerprint density at radius 2 is 1.27 bits per heavy atom. The summed E-state index contributed by atoms with van der Waals surface area (Å²) < 4.78 is 0. The zero-order valence-corrected chi connectivity index (χ0v) is 12.3. The van der Waals surface area contributed by atoms with Gasteiger partial charge in [-0.15, -0.1) is 0 Å². The monoisotopic (exact) mass is 212 g/mol. The predicted molar refractivity (Wildman–Crippen MR) is 71.1 cm³/mol. The number of hydrogen-bond donors (Lipinski definition) is 0. The van der Waals surface area contributed by atoms with E-state index in [1.54, 1.807) is 0 Å². The first-order chi connectivity index (χ1) is 6.54. The van der Waals surface area contributed by atoms with Gasteiger partial charge in [0.1, 0.15) is 0 Å². The van der Waals surface area contributed by atoms with Gasteiger partial charge in [0.05, 0.1) is 0 Å². The van der Waals surface area contributed by atoms with Gasteiger partial charge in [-0.05, 0) is 35.5 Å². The van der Waals surface area contributed by atoms with Crippen LogP contribution in [0.25, 0.3) is 0 Å². The molecular formula is C15H32. The Morgan fingerprint density at radius 1 is 0.800 bits per heavy atom. The lowest BCUT2D eigenvalue weighted by Gasteiger charge is -2.38. The Labute approximate surface area is 97.8 Å². The van der Waals surface area contributed by atoms with Gasteiger partial charge in [-0.1, -0.05) is 61.8 Å². The third-order valence-corrected chi connectivity index (χ3v) is 3.50. The summed E-state index contributed by atoms with van der Waals surface area (Å²) in [7, 11) is 0. The first-order valence-corrected chi connectivity index (χ1v) is 6.54. The molecule has 0 radical (unpaired) electrons. The van der Waals surface area contributed by atoms with E-state index in [1.165, 1.54) is 19.3 Å². The summed E-state index contributed by atoms with van der Waals surface area (Å²) >= 11 is 0. The lowest BCUT2D eigenvalue weighted by molar-refractivity contribution is 0.130. The molecule has 0 fully saturated rings. The Balaban J connectivity index is 4.19. The first-order valence-electron chi connectivity index (χ1n) is 6.54. The number of rotatable bonds is 5. The average molecular weight is 212 g/mol. The number of hydrogen-bond acceptors (Lipinski definition) is 0. The largest absolute Gasteiger partial charge is 0.0628 e. The molecular weight excluding hydrogens is 180 g/mol. The fraction of sp³-hybridized carbons (Fsp3) is 1.00. The van der Waals surface area contributed by atoms with Gasteiger partial charge >= 0.3 is 0 Å². The van der Waals surface area contributed by atoms with Crippen LogP contribution in [0.5, 0.6) is 0 Å². The topological polar surface area (TPSA) is 0 Å². The molecule has 0 rings (SSSR count). The van der Waals surface area contributed by atoms with Crippen LogP contribution in [-0.2, 0) is 0 Å². The lowest BCUT2D eigenvalue weighted by Crippen LogP contribution is -2.27. The van der Waals surface area contributed by atoms with E-state index in [4.69, 9.17) is 0 Å². The van der Waals surface area contributed by atoms with Gasteiger partial charge in [-0.2, -0.15) is 0 Å². The Hall–Kier alpha value is 0. The molecule has 92 valence electrons. The van der Waals surface area contributed by atoms with Crippen LogP contribution in [0.1, 0.15) is 74.7 Å². The summed E-state index contributed by atoms with van der Waals surface area (Å²) in [6.45, 7) is 19.0. The minimum atomic E-state index is 0.454. The van der Waals surface area contributed by atoms with Gasteiger partial charge in [0.2, 0.25) is 0 Å². The van der Waals surface area contributed by atoms with E-state index in [0.717, 1.165) is 11.8 Å². The summed E-state index contributed by atoms with van der Waals surface area (Å²) in [6, 6.07) is 0. The summed E-state index contributed by atoms with van der Waals surface area (Å²) in [5.74, 6) is 1.68. The van der Waals surface area contributed by atoms with E-state index in [1.807, 2.05) is 0 Å². The van der Waals surface area contributed by atoms with Crippen molar-refractivity contribution >= 4 is 0 Å². The van der Waals surface area contributed by atoms with E-state index >= 15 is 0 Å². The van der Waals surface area contributed by atoms with E-state index in [-0.39, 0.29) is 0 Å². The first kappa shape index (κ1) is 15.0. The van der Waals surface area contributed by atoms with Crippen molar-refractivity contribution in [1.29, 1.82) is 0 Å². The summed E-state index contributed by atoms with van der Waals surface area (Å²) in [4.78, 5) is 0. The molecule has 0 nitrogen and oxygen atoms in total. The van der Waals surface area contributed by atoms with Crippen molar-refractivity contribution in [2.24, 2.45) is 22.7 Å². The van der Waals surface area contributed by atoms with Gasteiger partial charge in [0.25, 0.3) is 0 Å². The van der Waals surface area contributed by atoms with Gasteiger partial charge < -0.3 is 0 Å². The fourth-order valence-electron chi connectivity index (χ4n) is 2.52. The van der Waals surface area contributed by atoms with Gasteiger partial charge in [0.15, 0.2) is 0 Å². The van der Waals surface area contributed by atoms with Crippen LogP contribution in [0.4, 0.5) is 0 Å². The van der Waals surface area contributed by atoms with Crippen LogP contribution in [0.3, 0.4) is 0 Å². The molecule has 0 heterocycles. The smallest absolute Gasteiger partial charge is 0.0324 e. The Kier molecular flexibility index (Phi) is 5.37. The zero-order valence-electron chi connectivity index (χ0n) is 12.3. The molecule has 0 saturated heterocycles. The SMILES string of the molecule is CC(C)CCC(C)C(C)(C)CC(C)(C)C. The van der Waals surface area contributed by atoms with Crippen molar-refractivity contribution in [2.45, 2.75) is 74.7 Å². The van der Waals surface area contributed by atoms with Crippen molar-refractivity contribution in [1.82, 2.24) is 0 Å². The molecule has 0 aliphatic rings. The maximum Gasteiger partial charge on any atom is -0.0324 e.